The van der Waals surface area contributed by atoms with E-state index in [1.807, 2.05) is 11.8 Å². The third-order valence-corrected chi connectivity index (χ3v) is 6.02. The minimum atomic E-state index is 0.229. The van der Waals surface area contributed by atoms with Crippen LogP contribution in [0, 0.1) is 13.8 Å². The lowest BCUT2D eigenvalue weighted by Crippen LogP contribution is -2.11. The van der Waals surface area contributed by atoms with E-state index in [-0.39, 0.29) is 6.04 Å². The van der Waals surface area contributed by atoms with Crippen LogP contribution in [0.1, 0.15) is 27.9 Å². The highest BCUT2D eigenvalue weighted by molar-refractivity contribution is 7.98. The van der Waals surface area contributed by atoms with Gasteiger partial charge in [-0.25, -0.2) is 4.99 Å². The van der Waals surface area contributed by atoms with Gasteiger partial charge < -0.3 is 9.30 Å². The van der Waals surface area contributed by atoms with Crippen LogP contribution in [0.3, 0.4) is 0 Å². The molecule has 4 heteroatoms. The van der Waals surface area contributed by atoms with Crippen molar-refractivity contribution in [3.05, 3.63) is 94.8 Å². The first-order chi connectivity index (χ1) is 13.7. The molecule has 28 heavy (non-hydrogen) atoms. The van der Waals surface area contributed by atoms with E-state index < -0.39 is 0 Å². The third-order valence-electron chi connectivity index (χ3n) is 4.86. The van der Waals surface area contributed by atoms with Gasteiger partial charge in [-0.1, -0.05) is 59.7 Å². The Bertz CT molecular complexity index is 976. The SMILES string of the molecule is Cc1cccc(CSC[C@@H]2COC(c3cccn3Cc3cccc(C)c3)=N2)c1. The van der Waals surface area contributed by atoms with E-state index in [0.717, 1.165) is 29.6 Å². The van der Waals surface area contributed by atoms with Gasteiger partial charge in [-0.15, -0.1) is 0 Å². The zero-order chi connectivity index (χ0) is 19.3. The molecule has 144 valence electrons. The molecule has 2 heterocycles. The summed E-state index contributed by atoms with van der Waals surface area (Å²) in [6.07, 6.45) is 2.10. The maximum atomic E-state index is 5.95. The molecule has 0 spiro atoms. The van der Waals surface area contributed by atoms with Gasteiger partial charge in [0.1, 0.15) is 12.3 Å². The lowest BCUT2D eigenvalue weighted by molar-refractivity contribution is 0.323. The second kappa shape index (κ2) is 8.70. The maximum Gasteiger partial charge on any atom is 0.233 e. The molecule has 0 saturated heterocycles. The van der Waals surface area contributed by atoms with Crippen LogP contribution in [-0.2, 0) is 17.0 Å². The molecule has 1 aliphatic heterocycles. The van der Waals surface area contributed by atoms with Crippen LogP contribution in [-0.4, -0.2) is 28.9 Å². The number of aromatic nitrogens is 1. The van der Waals surface area contributed by atoms with Gasteiger partial charge >= 0.3 is 0 Å². The molecule has 3 nitrogen and oxygen atoms in total. The number of aryl methyl sites for hydroxylation is 2. The summed E-state index contributed by atoms with van der Waals surface area (Å²) < 4.78 is 8.17. The Morgan fingerprint density at radius 1 is 1.00 bits per heavy atom. The summed E-state index contributed by atoms with van der Waals surface area (Å²) in [7, 11) is 0. The Kier molecular flexibility index (Phi) is 5.87. The number of hydrogen-bond donors (Lipinski definition) is 0. The van der Waals surface area contributed by atoms with E-state index in [2.05, 4.69) is 85.3 Å². The van der Waals surface area contributed by atoms with Crippen molar-refractivity contribution in [3.63, 3.8) is 0 Å². The van der Waals surface area contributed by atoms with Crippen molar-refractivity contribution in [2.45, 2.75) is 32.2 Å². The Balaban J connectivity index is 1.37. The minimum Gasteiger partial charge on any atom is -0.474 e. The van der Waals surface area contributed by atoms with Gasteiger partial charge in [0.05, 0.1) is 6.04 Å². The van der Waals surface area contributed by atoms with Gasteiger partial charge in [0, 0.05) is 24.2 Å². The van der Waals surface area contributed by atoms with Gasteiger partial charge in [0.25, 0.3) is 0 Å². The van der Waals surface area contributed by atoms with Crippen molar-refractivity contribution in [2.75, 3.05) is 12.4 Å². The van der Waals surface area contributed by atoms with E-state index in [1.165, 1.54) is 22.3 Å². The third kappa shape index (κ3) is 4.68. The molecule has 0 unspecified atom stereocenters. The van der Waals surface area contributed by atoms with Gasteiger partial charge in [-0.2, -0.15) is 11.8 Å². The summed E-state index contributed by atoms with van der Waals surface area (Å²) in [4.78, 5) is 4.85. The van der Waals surface area contributed by atoms with E-state index in [1.54, 1.807) is 0 Å². The smallest absolute Gasteiger partial charge is 0.233 e. The predicted molar refractivity (Wildman–Crippen MR) is 118 cm³/mol. The number of thioether (sulfide) groups is 1. The second-order valence-corrected chi connectivity index (χ2v) is 8.44. The first kappa shape index (κ1) is 18.9. The number of aliphatic imine (C=N–C) groups is 1. The van der Waals surface area contributed by atoms with Crippen molar-refractivity contribution in [1.82, 2.24) is 4.57 Å². The highest BCUT2D eigenvalue weighted by Gasteiger charge is 2.22. The van der Waals surface area contributed by atoms with Crippen LogP contribution in [0.2, 0.25) is 0 Å². The zero-order valence-electron chi connectivity index (χ0n) is 16.5. The lowest BCUT2D eigenvalue weighted by Gasteiger charge is -2.09. The maximum absolute atomic E-state index is 5.95. The average molecular weight is 391 g/mol. The van der Waals surface area contributed by atoms with Crippen molar-refractivity contribution in [3.8, 4) is 0 Å². The molecule has 1 aliphatic rings. The molecule has 1 aromatic heterocycles. The van der Waals surface area contributed by atoms with E-state index in [0.29, 0.717) is 6.61 Å². The van der Waals surface area contributed by atoms with Crippen LogP contribution >= 0.6 is 11.8 Å². The fraction of sp³-hybridized carbons (Fsp3) is 0.292. The molecule has 4 rings (SSSR count). The topological polar surface area (TPSA) is 26.5 Å². The molecule has 0 saturated carbocycles. The Hall–Kier alpha value is -2.46. The largest absolute Gasteiger partial charge is 0.474 e. The molecule has 0 amide bonds. The number of nitrogens with zero attached hydrogens (tertiary/aromatic N) is 2. The quantitative estimate of drug-likeness (QED) is 0.552. The number of benzene rings is 2. The molecule has 1 atom stereocenters. The molecule has 2 aromatic carbocycles. The standard InChI is InChI=1S/C24H26N2OS/c1-18-6-3-8-20(12-18)14-26-11-5-10-23(26)24-25-22(15-27-24)17-28-16-21-9-4-7-19(2)13-21/h3-13,22H,14-17H2,1-2H3/t22-/m0/s1. The molecular weight excluding hydrogens is 364 g/mol. The molecule has 0 fully saturated rings. The van der Waals surface area contributed by atoms with Crippen LogP contribution in [0.5, 0.6) is 0 Å². The molecule has 0 radical (unpaired) electrons. The average Bonchev–Trinajstić information content (AvgIpc) is 3.31. The highest BCUT2D eigenvalue weighted by atomic mass is 32.2. The fourth-order valence-electron chi connectivity index (χ4n) is 3.51. The normalized spacial score (nSPS) is 16.1. The Morgan fingerprint density at radius 3 is 2.54 bits per heavy atom. The summed E-state index contributed by atoms with van der Waals surface area (Å²) in [5, 5.41) is 0. The summed E-state index contributed by atoms with van der Waals surface area (Å²) in [5.74, 6) is 2.78. The summed E-state index contributed by atoms with van der Waals surface area (Å²) >= 11 is 1.93. The van der Waals surface area contributed by atoms with Crippen molar-refractivity contribution in [1.29, 1.82) is 0 Å². The highest BCUT2D eigenvalue weighted by Crippen LogP contribution is 2.20. The fourth-order valence-corrected chi connectivity index (χ4v) is 4.48. The first-order valence-corrected chi connectivity index (χ1v) is 10.9. The summed E-state index contributed by atoms with van der Waals surface area (Å²) in [5.41, 5.74) is 6.33. The first-order valence-electron chi connectivity index (χ1n) is 9.72. The molecule has 0 N–H and O–H groups in total. The van der Waals surface area contributed by atoms with Gasteiger partial charge in [-0.3, -0.25) is 0 Å². The predicted octanol–water partition coefficient (Wildman–Crippen LogP) is 5.23. The summed E-state index contributed by atoms with van der Waals surface area (Å²) in [6.45, 7) is 5.77. The molecular formula is C24H26N2OS. The van der Waals surface area contributed by atoms with E-state index in [9.17, 15) is 0 Å². The van der Waals surface area contributed by atoms with Crippen LogP contribution in [0.4, 0.5) is 0 Å². The van der Waals surface area contributed by atoms with Crippen molar-refractivity contribution < 1.29 is 4.74 Å². The number of rotatable bonds is 7. The van der Waals surface area contributed by atoms with Crippen LogP contribution < -0.4 is 0 Å². The van der Waals surface area contributed by atoms with Gasteiger partial charge in [0.15, 0.2) is 0 Å². The summed E-state index contributed by atoms with van der Waals surface area (Å²) in [6, 6.07) is 21.7. The molecule has 3 aromatic rings. The van der Waals surface area contributed by atoms with Crippen molar-refractivity contribution >= 4 is 17.7 Å². The van der Waals surface area contributed by atoms with Crippen LogP contribution in [0.25, 0.3) is 0 Å². The molecule has 0 bridgehead atoms. The van der Waals surface area contributed by atoms with E-state index in [4.69, 9.17) is 9.73 Å². The van der Waals surface area contributed by atoms with Gasteiger partial charge in [-0.05, 0) is 37.1 Å². The van der Waals surface area contributed by atoms with Crippen molar-refractivity contribution in [2.24, 2.45) is 4.99 Å². The lowest BCUT2D eigenvalue weighted by atomic mass is 10.1. The monoisotopic (exact) mass is 390 g/mol. The minimum absolute atomic E-state index is 0.229. The second-order valence-electron chi connectivity index (χ2n) is 7.41. The molecule has 0 aliphatic carbocycles. The van der Waals surface area contributed by atoms with E-state index >= 15 is 0 Å². The number of hydrogen-bond acceptors (Lipinski definition) is 3. The Morgan fingerprint density at radius 2 is 1.75 bits per heavy atom. The van der Waals surface area contributed by atoms with Gasteiger partial charge in [0.2, 0.25) is 5.90 Å². The zero-order valence-corrected chi connectivity index (χ0v) is 17.3. The van der Waals surface area contributed by atoms with Crippen LogP contribution in [0.15, 0.2) is 71.9 Å². The number of ether oxygens (including phenoxy) is 1. The Labute approximate surface area is 171 Å².